The zero-order chi connectivity index (χ0) is 23.1. The van der Waals surface area contributed by atoms with Crippen LogP contribution in [0.15, 0.2) is 24.4 Å². The van der Waals surface area contributed by atoms with Crippen molar-refractivity contribution in [3.8, 4) is 11.5 Å². The lowest BCUT2D eigenvalue weighted by molar-refractivity contribution is 0.0553. The molecule has 1 atom stereocenters. The van der Waals surface area contributed by atoms with Gasteiger partial charge in [-0.25, -0.2) is 0 Å². The number of aryl methyl sites for hydroxylation is 2. The van der Waals surface area contributed by atoms with Gasteiger partial charge in [-0.3, -0.25) is 9.58 Å². The highest BCUT2D eigenvalue weighted by Crippen LogP contribution is 2.29. The summed E-state index contributed by atoms with van der Waals surface area (Å²) in [5.74, 6) is 1.36. The van der Waals surface area contributed by atoms with Crippen molar-refractivity contribution in [1.29, 1.82) is 0 Å². The Labute approximate surface area is 192 Å². The van der Waals surface area contributed by atoms with Crippen molar-refractivity contribution in [1.82, 2.24) is 19.6 Å². The summed E-state index contributed by atoms with van der Waals surface area (Å²) in [5.41, 5.74) is 3.44. The minimum Gasteiger partial charge on any atom is -0.493 e. The standard InChI is InChI=1S/C25H40N4O3/c1-19-21(16-29(4)26-19)15-27(2)14-20-11-12-24(25(13-20)31-5)32-18-23(30)17-28(3)22-9-7-6-8-10-22/h11-13,16,22-23,30H,6-10,14-15,17-18H2,1-5H3/t23-/m0/s1. The first-order valence-corrected chi connectivity index (χ1v) is 11.7. The Morgan fingerprint density at radius 1 is 1.16 bits per heavy atom. The van der Waals surface area contributed by atoms with Gasteiger partial charge in [0.1, 0.15) is 12.7 Å². The molecule has 7 nitrogen and oxygen atoms in total. The second-order valence-corrected chi connectivity index (χ2v) is 9.27. The highest BCUT2D eigenvalue weighted by molar-refractivity contribution is 5.43. The molecule has 1 aromatic heterocycles. The Kier molecular flexibility index (Phi) is 8.96. The summed E-state index contributed by atoms with van der Waals surface area (Å²) in [6.07, 6.45) is 7.93. The number of aromatic nitrogens is 2. The Balaban J connectivity index is 1.51. The lowest BCUT2D eigenvalue weighted by atomic mass is 9.94. The summed E-state index contributed by atoms with van der Waals surface area (Å²) in [5, 5.41) is 14.9. The van der Waals surface area contributed by atoms with E-state index in [1.54, 1.807) is 7.11 Å². The van der Waals surface area contributed by atoms with Crippen molar-refractivity contribution in [3.63, 3.8) is 0 Å². The van der Waals surface area contributed by atoms with Crippen LogP contribution in [0.4, 0.5) is 0 Å². The maximum absolute atomic E-state index is 10.5. The third-order valence-electron chi connectivity index (χ3n) is 6.36. The van der Waals surface area contributed by atoms with Crippen molar-refractivity contribution < 1.29 is 14.6 Å². The Morgan fingerprint density at radius 3 is 2.56 bits per heavy atom. The fourth-order valence-corrected chi connectivity index (χ4v) is 4.63. The molecule has 1 saturated carbocycles. The molecule has 0 radical (unpaired) electrons. The lowest BCUT2D eigenvalue weighted by Gasteiger charge is -2.32. The number of nitrogens with zero attached hydrogens (tertiary/aromatic N) is 4. The summed E-state index contributed by atoms with van der Waals surface area (Å²) < 4.78 is 13.3. The van der Waals surface area contributed by atoms with Gasteiger partial charge in [-0.2, -0.15) is 5.10 Å². The fourth-order valence-electron chi connectivity index (χ4n) is 4.63. The molecule has 0 unspecified atom stereocenters. The van der Waals surface area contributed by atoms with Gasteiger partial charge in [0.05, 0.1) is 12.8 Å². The molecule has 32 heavy (non-hydrogen) atoms. The zero-order valence-corrected chi connectivity index (χ0v) is 20.4. The molecule has 0 saturated heterocycles. The van der Waals surface area contributed by atoms with Gasteiger partial charge < -0.3 is 19.5 Å². The van der Waals surface area contributed by atoms with E-state index in [0.29, 0.717) is 24.1 Å². The molecule has 0 spiro atoms. The molecule has 1 aliphatic carbocycles. The summed E-state index contributed by atoms with van der Waals surface area (Å²) in [4.78, 5) is 4.54. The SMILES string of the molecule is COc1cc(CN(C)Cc2cn(C)nc2C)ccc1OC[C@@H](O)CN(C)C1CCCCC1. The van der Waals surface area contributed by atoms with Crippen molar-refractivity contribution in [2.45, 2.75) is 64.3 Å². The number of hydrogen-bond acceptors (Lipinski definition) is 6. The quantitative estimate of drug-likeness (QED) is 0.573. The third kappa shape index (κ3) is 6.95. The van der Waals surface area contributed by atoms with Crippen LogP contribution in [0, 0.1) is 6.92 Å². The van der Waals surface area contributed by atoms with Crippen LogP contribution in [0.1, 0.15) is 48.9 Å². The van der Waals surface area contributed by atoms with Crippen molar-refractivity contribution in [3.05, 3.63) is 41.2 Å². The minimum atomic E-state index is -0.528. The summed E-state index contributed by atoms with van der Waals surface area (Å²) in [6.45, 7) is 4.55. The largest absolute Gasteiger partial charge is 0.493 e. The molecule has 2 aromatic rings. The molecule has 1 aliphatic rings. The molecule has 1 N–H and O–H groups in total. The topological polar surface area (TPSA) is 63.0 Å². The van der Waals surface area contributed by atoms with Crippen LogP contribution in [0.2, 0.25) is 0 Å². The van der Waals surface area contributed by atoms with Crippen LogP contribution in [0.3, 0.4) is 0 Å². The summed E-state index contributed by atoms with van der Waals surface area (Å²) in [6, 6.07) is 6.60. The smallest absolute Gasteiger partial charge is 0.161 e. The van der Waals surface area contributed by atoms with E-state index < -0.39 is 6.10 Å². The van der Waals surface area contributed by atoms with E-state index in [2.05, 4.69) is 41.3 Å². The van der Waals surface area contributed by atoms with Crippen LogP contribution < -0.4 is 9.47 Å². The molecule has 7 heteroatoms. The average Bonchev–Trinajstić information content (AvgIpc) is 3.09. The van der Waals surface area contributed by atoms with Crippen molar-refractivity contribution in [2.75, 3.05) is 34.4 Å². The normalized spacial score (nSPS) is 16.0. The second-order valence-electron chi connectivity index (χ2n) is 9.27. The van der Waals surface area contributed by atoms with Gasteiger partial charge in [0.15, 0.2) is 11.5 Å². The number of likely N-dealkylation sites (N-methyl/N-ethyl adjacent to an activating group) is 1. The number of hydrogen-bond donors (Lipinski definition) is 1. The Morgan fingerprint density at radius 2 is 1.91 bits per heavy atom. The van der Waals surface area contributed by atoms with E-state index in [4.69, 9.17) is 9.47 Å². The van der Waals surface area contributed by atoms with E-state index in [9.17, 15) is 5.11 Å². The average molecular weight is 445 g/mol. The number of aliphatic hydroxyl groups is 1. The highest BCUT2D eigenvalue weighted by Gasteiger charge is 2.20. The molecular formula is C25H40N4O3. The van der Waals surface area contributed by atoms with Crippen molar-refractivity contribution in [2.24, 2.45) is 7.05 Å². The van der Waals surface area contributed by atoms with E-state index in [1.165, 1.54) is 37.7 Å². The van der Waals surface area contributed by atoms with Gasteiger partial charge in [-0.05, 0) is 51.6 Å². The first-order chi connectivity index (χ1) is 15.4. The number of benzene rings is 1. The van der Waals surface area contributed by atoms with Gasteiger partial charge in [-0.1, -0.05) is 25.3 Å². The number of rotatable bonds is 11. The molecule has 3 rings (SSSR count). The molecular weight excluding hydrogens is 404 g/mol. The third-order valence-corrected chi connectivity index (χ3v) is 6.36. The van der Waals surface area contributed by atoms with Crippen LogP contribution in [-0.2, 0) is 20.1 Å². The number of ether oxygens (including phenoxy) is 2. The maximum atomic E-state index is 10.5. The van der Waals surface area contributed by atoms with Crippen LogP contribution in [0.25, 0.3) is 0 Å². The predicted octanol–water partition coefficient (Wildman–Crippen LogP) is 3.37. The van der Waals surface area contributed by atoms with Gasteiger partial charge in [0.25, 0.3) is 0 Å². The minimum absolute atomic E-state index is 0.257. The zero-order valence-electron chi connectivity index (χ0n) is 20.4. The molecule has 1 fully saturated rings. The fraction of sp³-hybridized carbons (Fsp3) is 0.640. The molecule has 0 amide bonds. The van der Waals surface area contributed by atoms with E-state index >= 15 is 0 Å². The van der Waals surface area contributed by atoms with E-state index in [-0.39, 0.29) is 6.61 Å². The Hall–Kier alpha value is -2.09. The van der Waals surface area contributed by atoms with Gasteiger partial charge in [0.2, 0.25) is 0 Å². The van der Waals surface area contributed by atoms with Crippen LogP contribution >= 0.6 is 0 Å². The Bertz CT molecular complexity index is 848. The molecule has 0 aliphatic heterocycles. The molecule has 1 aromatic carbocycles. The van der Waals surface area contributed by atoms with Crippen LogP contribution in [0.5, 0.6) is 11.5 Å². The highest BCUT2D eigenvalue weighted by atomic mass is 16.5. The summed E-state index contributed by atoms with van der Waals surface area (Å²) in [7, 11) is 7.81. The summed E-state index contributed by atoms with van der Waals surface area (Å²) >= 11 is 0. The van der Waals surface area contributed by atoms with Gasteiger partial charge in [-0.15, -0.1) is 0 Å². The number of aliphatic hydroxyl groups excluding tert-OH is 1. The second kappa shape index (κ2) is 11.7. The predicted molar refractivity (Wildman–Crippen MR) is 127 cm³/mol. The monoisotopic (exact) mass is 444 g/mol. The van der Waals surface area contributed by atoms with Gasteiger partial charge >= 0.3 is 0 Å². The van der Waals surface area contributed by atoms with Crippen molar-refractivity contribution >= 4 is 0 Å². The molecule has 178 valence electrons. The van der Waals surface area contributed by atoms with E-state index in [1.807, 2.05) is 30.8 Å². The first-order valence-electron chi connectivity index (χ1n) is 11.7. The molecule has 1 heterocycles. The molecule has 0 bridgehead atoms. The number of methoxy groups -OCH3 is 1. The van der Waals surface area contributed by atoms with E-state index in [0.717, 1.165) is 24.3 Å². The van der Waals surface area contributed by atoms with Gasteiger partial charge in [0, 0.05) is 44.5 Å². The van der Waals surface area contributed by atoms with Crippen LogP contribution in [-0.4, -0.2) is 71.2 Å². The lowest BCUT2D eigenvalue weighted by Crippen LogP contribution is -2.40. The first kappa shape index (κ1) is 24.6. The maximum Gasteiger partial charge on any atom is 0.161 e.